The van der Waals surface area contributed by atoms with Crippen molar-refractivity contribution in [3.8, 4) is 0 Å². The lowest BCUT2D eigenvalue weighted by Crippen LogP contribution is -2.26. The number of aryl methyl sites for hydroxylation is 1. The average molecular weight is 288 g/mol. The van der Waals surface area contributed by atoms with E-state index < -0.39 is 0 Å². The van der Waals surface area contributed by atoms with Crippen LogP contribution < -0.4 is 5.32 Å². The Labute approximate surface area is 123 Å². The molecule has 1 amide bonds. The molecule has 6 heteroatoms. The van der Waals surface area contributed by atoms with Crippen molar-refractivity contribution in [2.24, 2.45) is 5.92 Å². The minimum Gasteiger partial charge on any atom is -0.466 e. The fourth-order valence-electron chi connectivity index (χ4n) is 2.44. The maximum atomic E-state index is 11.8. The van der Waals surface area contributed by atoms with E-state index in [2.05, 4.69) is 27.4 Å². The molecule has 0 saturated heterocycles. The highest BCUT2D eigenvalue weighted by atomic mass is 16.3. The molecule has 2 atom stereocenters. The zero-order chi connectivity index (χ0) is 14.7. The molecule has 2 unspecified atom stereocenters. The third-order valence-corrected chi connectivity index (χ3v) is 3.90. The molecule has 2 N–H and O–H groups in total. The number of furan rings is 1. The average Bonchev–Trinajstić information content (AvgIpc) is 2.90. The molecule has 0 aliphatic heterocycles. The number of amides is 1. The second kappa shape index (κ2) is 6.11. The summed E-state index contributed by atoms with van der Waals surface area (Å²) in [5.74, 6) is 4.12. The van der Waals surface area contributed by atoms with Crippen LogP contribution in [0.2, 0.25) is 0 Å². The van der Waals surface area contributed by atoms with E-state index in [0.29, 0.717) is 31.7 Å². The van der Waals surface area contributed by atoms with Crippen LogP contribution in [0.25, 0.3) is 0 Å². The van der Waals surface area contributed by atoms with Crippen LogP contribution in [0.5, 0.6) is 0 Å². The fourth-order valence-corrected chi connectivity index (χ4v) is 2.44. The second-order valence-corrected chi connectivity index (χ2v) is 5.66. The molecule has 0 radical (unpaired) electrons. The van der Waals surface area contributed by atoms with Crippen molar-refractivity contribution in [2.75, 3.05) is 6.54 Å². The van der Waals surface area contributed by atoms with E-state index in [1.54, 1.807) is 0 Å². The maximum absolute atomic E-state index is 11.8. The number of H-pyrrole nitrogens is 1. The minimum atomic E-state index is 0.0345. The summed E-state index contributed by atoms with van der Waals surface area (Å²) in [6, 6.07) is 4.04. The third-order valence-electron chi connectivity index (χ3n) is 3.90. The van der Waals surface area contributed by atoms with Gasteiger partial charge in [0.1, 0.15) is 23.7 Å². The van der Waals surface area contributed by atoms with E-state index in [1.165, 1.54) is 12.7 Å². The molecule has 1 saturated carbocycles. The summed E-state index contributed by atoms with van der Waals surface area (Å²) in [5, 5.41) is 9.40. The molecule has 2 aromatic heterocycles. The lowest BCUT2D eigenvalue weighted by Gasteiger charge is -2.02. The first-order valence-electron chi connectivity index (χ1n) is 7.42. The van der Waals surface area contributed by atoms with Crippen molar-refractivity contribution in [1.82, 2.24) is 20.5 Å². The van der Waals surface area contributed by atoms with E-state index in [9.17, 15) is 4.79 Å². The molecule has 112 valence electrons. The molecule has 0 bridgehead atoms. The van der Waals surface area contributed by atoms with Crippen LogP contribution in [0.3, 0.4) is 0 Å². The summed E-state index contributed by atoms with van der Waals surface area (Å²) in [5.41, 5.74) is 0. The number of carbonyl (C=O) groups excluding carboxylic acids is 1. The van der Waals surface area contributed by atoms with Gasteiger partial charge < -0.3 is 9.73 Å². The molecule has 1 aliphatic carbocycles. The molecule has 0 aromatic carbocycles. The third kappa shape index (κ3) is 3.71. The molecular weight excluding hydrogens is 268 g/mol. The van der Waals surface area contributed by atoms with Gasteiger partial charge in [-0.2, -0.15) is 5.10 Å². The Morgan fingerprint density at radius 2 is 2.33 bits per heavy atom. The smallest absolute Gasteiger partial charge is 0.220 e. The fraction of sp³-hybridized carbons (Fsp3) is 0.533. The lowest BCUT2D eigenvalue weighted by molar-refractivity contribution is -0.121. The van der Waals surface area contributed by atoms with Gasteiger partial charge in [0.15, 0.2) is 0 Å². The van der Waals surface area contributed by atoms with E-state index >= 15 is 0 Å². The number of aromatic amines is 1. The second-order valence-electron chi connectivity index (χ2n) is 5.66. The number of hydrogen-bond acceptors (Lipinski definition) is 4. The van der Waals surface area contributed by atoms with Gasteiger partial charge in [-0.15, -0.1) is 0 Å². The highest BCUT2D eigenvalue weighted by molar-refractivity contribution is 5.76. The van der Waals surface area contributed by atoms with Crippen LogP contribution in [-0.2, 0) is 17.6 Å². The summed E-state index contributed by atoms with van der Waals surface area (Å²) in [4.78, 5) is 15.8. The summed E-state index contributed by atoms with van der Waals surface area (Å²) in [7, 11) is 0. The predicted octanol–water partition coefficient (Wildman–Crippen LogP) is 1.81. The predicted molar refractivity (Wildman–Crippen MR) is 76.6 cm³/mol. The van der Waals surface area contributed by atoms with E-state index in [4.69, 9.17) is 4.42 Å². The van der Waals surface area contributed by atoms with Gasteiger partial charge in [-0.05, 0) is 24.5 Å². The minimum absolute atomic E-state index is 0.0345. The normalized spacial score (nSPS) is 20.4. The van der Waals surface area contributed by atoms with Gasteiger partial charge in [0.05, 0.1) is 0 Å². The summed E-state index contributed by atoms with van der Waals surface area (Å²) >= 11 is 0. The monoisotopic (exact) mass is 288 g/mol. The Morgan fingerprint density at radius 3 is 3.05 bits per heavy atom. The van der Waals surface area contributed by atoms with Gasteiger partial charge in [0.2, 0.25) is 5.91 Å². The lowest BCUT2D eigenvalue weighted by atomic mass is 10.2. The highest BCUT2D eigenvalue weighted by Crippen LogP contribution is 2.47. The Morgan fingerprint density at radius 1 is 1.48 bits per heavy atom. The highest BCUT2D eigenvalue weighted by Gasteiger charge is 2.36. The van der Waals surface area contributed by atoms with E-state index in [0.717, 1.165) is 23.3 Å². The molecule has 1 fully saturated rings. The zero-order valence-corrected chi connectivity index (χ0v) is 12.1. The first-order valence-corrected chi connectivity index (χ1v) is 7.42. The molecule has 3 rings (SSSR count). The summed E-state index contributed by atoms with van der Waals surface area (Å²) in [6.45, 7) is 2.80. The first-order chi connectivity index (χ1) is 10.2. The standard InChI is InChI=1S/C15H20N4O2/c1-10-8-12(10)13-4-2-11(21-13)3-5-15(20)16-7-6-14-17-9-18-19-14/h2,4,9-10,12H,3,5-8H2,1H3,(H,16,20)(H,17,18,19). The Kier molecular flexibility index (Phi) is 4.03. The number of carbonyl (C=O) groups is 1. The topological polar surface area (TPSA) is 83.8 Å². The Bertz CT molecular complexity index is 591. The van der Waals surface area contributed by atoms with Gasteiger partial charge in [-0.1, -0.05) is 6.92 Å². The molecule has 21 heavy (non-hydrogen) atoms. The number of nitrogens with zero attached hydrogens (tertiary/aromatic N) is 2. The molecule has 2 heterocycles. The van der Waals surface area contributed by atoms with Gasteiger partial charge in [0.25, 0.3) is 0 Å². The van der Waals surface area contributed by atoms with E-state index in [1.807, 2.05) is 12.1 Å². The largest absolute Gasteiger partial charge is 0.466 e. The SMILES string of the molecule is CC1CC1c1ccc(CCC(=O)NCCc2ncn[nH]2)o1. The van der Waals surface area contributed by atoms with Crippen molar-refractivity contribution in [2.45, 2.75) is 38.5 Å². The van der Waals surface area contributed by atoms with Crippen molar-refractivity contribution >= 4 is 5.91 Å². The van der Waals surface area contributed by atoms with Crippen LogP contribution >= 0.6 is 0 Å². The van der Waals surface area contributed by atoms with Crippen molar-refractivity contribution in [3.63, 3.8) is 0 Å². The van der Waals surface area contributed by atoms with Gasteiger partial charge >= 0.3 is 0 Å². The number of aromatic nitrogens is 3. The van der Waals surface area contributed by atoms with Gasteiger partial charge in [-0.25, -0.2) is 4.98 Å². The Balaban J connectivity index is 1.36. The van der Waals surface area contributed by atoms with Crippen molar-refractivity contribution in [3.05, 3.63) is 35.8 Å². The molecule has 2 aromatic rings. The number of hydrogen-bond donors (Lipinski definition) is 2. The quantitative estimate of drug-likeness (QED) is 0.814. The molecule has 6 nitrogen and oxygen atoms in total. The van der Waals surface area contributed by atoms with Crippen LogP contribution in [0, 0.1) is 5.92 Å². The van der Waals surface area contributed by atoms with Crippen LogP contribution in [0.1, 0.15) is 43.0 Å². The number of nitrogens with one attached hydrogen (secondary N) is 2. The van der Waals surface area contributed by atoms with Crippen LogP contribution in [0.4, 0.5) is 0 Å². The van der Waals surface area contributed by atoms with Crippen molar-refractivity contribution in [1.29, 1.82) is 0 Å². The van der Waals surface area contributed by atoms with Crippen molar-refractivity contribution < 1.29 is 9.21 Å². The van der Waals surface area contributed by atoms with E-state index in [-0.39, 0.29) is 5.91 Å². The molecule has 1 aliphatic rings. The van der Waals surface area contributed by atoms with Gasteiger partial charge in [0, 0.05) is 31.7 Å². The first kappa shape index (κ1) is 13.9. The van der Waals surface area contributed by atoms with Crippen LogP contribution in [0.15, 0.2) is 22.9 Å². The Hall–Kier alpha value is -2.11. The summed E-state index contributed by atoms with van der Waals surface area (Å²) in [6.07, 6.45) is 4.44. The zero-order valence-electron chi connectivity index (χ0n) is 12.1. The van der Waals surface area contributed by atoms with Gasteiger partial charge in [-0.3, -0.25) is 9.89 Å². The number of rotatable bonds is 7. The summed E-state index contributed by atoms with van der Waals surface area (Å²) < 4.78 is 5.79. The maximum Gasteiger partial charge on any atom is 0.220 e. The molecule has 0 spiro atoms. The van der Waals surface area contributed by atoms with Crippen LogP contribution in [-0.4, -0.2) is 27.6 Å². The molecular formula is C15H20N4O2.